The molecule has 0 spiro atoms. The fourth-order valence-electron chi connectivity index (χ4n) is 2.07. The molecule has 0 bridgehead atoms. The molecule has 23 heavy (non-hydrogen) atoms. The molecule has 0 aliphatic rings. The fourth-order valence-corrected chi connectivity index (χ4v) is 2.07. The number of hydrogen-bond acceptors (Lipinski definition) is 4. The van der Waals surface area contributed by atoms with Crippen molar-refractivity contribution in [1.82, 2.24) is 0 Å². The molecule has 0 aliphatic heterocycles. The van der Waals surface area contributed by atoms with Crippen molar-refractivity contribution >= 4 is 11.8 Å². The highest BCUT2D eigenvalue weighted by atomic mass is 19.1. The zero-order valence-corrected chi connectivity index (χ0v) is 12.4. The maximum Gasteiger partial charge on any atom is 0.404 e. The first kappa shape index (κ1) is 16.2. The number of aliphatic imine (C=N–C) groups is 1. The summed E-state index contributed by atoms with van der Waals surface area (Å²) in [5.74, 6) is -0.438. The Hall–Kier alpha value is -3.20. The van der Waals surface area contributed by atoms with Gasteiger partial charge in [-0.05, 0) is 23.8 Å². The van der Waals surface area contributed by atoms with Crippen molar-refractivity contribution in [2.24, 2.45) is 10.7 Å². The molecule has 5 nitrogen and oxygen atoms in total. The summed E-state index contributed by atoms with van der Waals surface area (Å²) in [5.41, 5.74) is 7.41. The smallest absolute Gasteiger partial charge is 0.404 e. The van der Waals surface area contributed by atoms with Crippen LogP contribution in [0.2, 0.25) is 0 Å². The minimum absolute atomic E-state index is 0.124. The first-order valence-electron chi connectivity index (χ1n) is 6.73. The number of hydrogen-bond donors (Lipinski definition) is 1. The lowest BCUT2D eigenvalue weighted by Crippen LogP contribution is -2.19. The largest absolute Gasteiger partial charge is 0.443 e. The van der Waals surface area contributed by atoms with Crippen LogP contribution >= 0.6 is 0 Å². The highest BCUT2D eigenvalue weighted by Gasteiger charge is 2.11. The summed E-state index contributed by atoms with van der Waals surface area (Å²) in [6.07, 6.45) is -0.916. The third-order valence-corrected chi connectivity index (χ3v) is 3.25. The number of halogens is 1. The Morgan fingerprint density at radius 2 is 2.00 bits per heavy atom. The van der Waals surface area contributed by atoms with Gasteiger partial charge in [0.15, 0.2) is 0 Å². The van der Waals surface area contributed by atoms with Crippen LogP contribution in [0.1, 0.15) is 11.1 Å². The first-order chi connectivity index (χ1) is 11.0. The first-order valence-corrected chi connectivity index (χ1v) is 6.73. The molecule has 2 rings (SSSR count). The van der Waals surface area contributed by atoms with Crippen LogP contribution < -0.4 is 5.73 Å². The van der Waals surface area contributed by atoms with Crippen molar-refractivity contribution in [3.63, 3.8) is 0 Å². The summed E-state index contributed by atoms with van der Waals surface area (Å²) < 4.78 is 19.0. The van der Waals surface area contributed by atoms with Gasteiger partial charge in [-0.3, -0.25) is 4.99 Å². The van der Waals surface area contributed by atoms with E-state index < -0.39 is 11.9 Å². The molecule has 0 saturated carbocycles. The Morgan fingerprint density at radius 1 is 1.30 bits per heavy atom. The standard InChI is InChI=1S/C17H14FN3O2/c1-21-16(10-23-17(20)22)13-6-7-14(15(18)8-13)12-4-2-11(9-19)3-5-12/h2-8H,10H2,1H3,(H2,20,22). The van der Waals surface area contributed by atoms with Gasteiger partial charge in [-0.25, -0.2) is 9.18 Å². The van der Waals surface area contributed by atoms with Gasteiger partial charge in [0.1, 0.15) is 12.4 Å². The van der Waals surface area contributed by atoms with E-state index in [0.29, 0.717) is 28.0 Å². The number of amides is 1. The van der Waals surface area contributed by atoms with Gasteiger partial charge in [0.25, 0.3) is 0 Å². The molecule has 6 heteroatoms. The maximum absolute atomic E-state index is 14.4. The second kappa shape index (κ2) is 7.18. The van der Waals surface area contributed by atoms with Crippen LogP contribution in [0.4, 0.5) is 9.18 Å². The van der Waals surface area contributed by atoms with Crippen molar-refractivity contribution in [3.8, 4) is 17.2 Å². The van der Waals surface area contributed by atoms with Gasteiger partial charge >= 0.3 is 6.09 Å². The van der Waals surface area contributed by atoms with E-state index >= 15 is 0 Å². The number of carbonyl (C=O) groups is 1. The van der Waals surface area contributed by atoms with E-state index in [0.717, 1.165) is 0 Å². The molecule has 0 aromatic heterocycles. The molecule has 2 aromatic carbocycles. The van der Waals surface area contributed by atoms with Crippen molar-refractivity contribution in [1.29, 1.82) is 5.26 Å². The number of nitrogens with two attached hydrogens (primary N) is 1. The normalized spacial score (nSPS) is 10.9. The van der Waals surface area contributed by atoms with Crippen LogP contribution in [-0.4, -0.2) is 25.5 Å². The number of rotatable bonds is 4. The molecule has 0 aliphatic carbocycles. The number of benzene rings is 2. The van der Waals surface area contributed by atoms with Crippen LogP contribution in [0.25, 0.3) is 11.1 Å². The van der Waals surface area contributed by atoms with Crippen molar-refractivity contribution < 1.29 is 13.9 Å². The second-order valence-corrected chi connectivity index (χ2v) is 4.66. The van der Waals surface area contributed by atoms with E-state index in [1.807, 2.05) is 6.07 Å². The Balaban J connectivity index is 2.29. The van der Waals surface area contributed by atoms with Crippen LogP contribution in [0.5, 0.6) is 0 Å². The third-order valence-electron chi connectivity index (χ3n) is 3.25. The van der Waals surface area contributed by atoms with Crippen LogP contribution in [-0.2, 0) is 4.74 Å². The molecule has 1 amide bonds. The summed E-state index contributed by atoms with van der Waals surface area (Å²) in [4.78, 5) is 14.6. The van der Waals surface area contributed by atoms with Gasteiger partial charge in [-0.2, -0.15) is 5.26 Å². The molecule has 0 atom stereocenters. The van der Waals surface area contributed by atoms with Gasteiger partial charge in [0.05, 0.1) is 17.3 Å². The average Bonchev–Trinajstić information content (AvgIpc) is 2.55. The minimum Gasteiger partial charge on any atom is -0.443 e. The minimum atomic E-state index is -0.916. The van der Waals surface area contributed by atoms with Crippen LogP contribution in [0.3, 0.4) is 0 Å². The molecular formula is C17H14FN3O2. The van der Waals surface area contributed by atoms with Gasteiger partial charge in [-0.1, -0.05) is 24.3 Å². The van der Waals surface area contributed by atoms with Gasteiger partial charge in [0.2, 0.25) is 0 Å². The van der Waals surface area contributed by atoms with E-state index in [9.17, 15) is 9.18 Å². The van der Waals surface area contributed by atoms with E-state index in [4.69, 9.17) is 11.0 Å². The highest BCUT2D eigenvalue weighted by Crippen LogP contribution is 2.24. The van der Waals surface area contributed by atoms with Crippen molar-refractivity contribution in [2.45, 2.75) is 0 Å². The molecule has 0 heterocycles. The lowest BCUT2D eigenvalue weighted by molar-refractivity contribution is 0.173. The molecule has 2 N–H and O–H groups in total. The zero-order chi connectivity index (χ0) is 16.8. The molecule has 0 radical (unpaired) electrons. The van der Waals surface area contributed by atoms with Gasteiger partial charge in [-0.15, -0.1) is 0 Å². The lowest BCUT2D eigenvalue weighted by Gasteiger charge is -2.09. The Bertz CT molecular complexity index is 792. The average molecular weight is 311 g/mol. The Morgan fingerprint density at radius 3 is 2.52 bits per heavy atom. The topological polar surface area (TPSA) is 88.5 Å². The molecule has 0 unspecified atom stereocenters. The third kappa shape index (κ3) is 3.92. The fraction of sp³-hybridized carbons (Fsp3) is 0.118. The van der Waals surface area contributed by atoms with Crippen LogP contribution in [0.15, 0.2) is 47.5 Å². The Kier molecular flexibility index (Phi) is 5.05. The van der Waals surface area contributed by atoms with E-state index in [1.165, 1.54) is 13.1 Å². The molecule has 116 valence electrons. The molecule has 0 saturated heterocycles. The summed E-state index contributed by atoms with van der Waals surface area (Å²) in [5, 5.41) is 8.79. The second-order valence-electron chi connectivity index (χ2n) is 4.66. The summed E-state index contributed by atoms with van der Waals surface area (Å²) >= 11 is 0. The number of carbonyl (C=O) groups excluding carboxylic acids is 1. The highest BCUT2D eigenvalue weighted by molar-refractivity contribution is 6.02. The maximum atomic E-state index is 14.4. The van der Waals surface area contributed by atoms with Gasteiger partial charge < -0.3 is 10.5 Å². The number of primary amides is 1. The SMILES string of the molecule is CN=C(COC(N)=O)c1ccc(-c2ccc(C#N)cc2)c(F)c1. The lowest BCUT2D eigenvalue weighted by atomic mass is 10.0. The summed E-state index contributed by atoms with van der Waals surface area (Å²) in [6.45, 7) is -0.124. The molecular weight excluding hydrogens is 297 g/mol. The zero-order valence-electron chi connectivity index (χ0n) is 12.4. The number of nitrogens with zero attached hydrogens (tertiary/aromatic N) is 2. The predicted molar refractivity (Wildman–Crippen MR) is 84.5 cm³/mol. The van der Waals surface area contributed by atoms with Crippen molar-refractivity contribution in [3.05, 3.63) is 59.4 Å². The monoisotopic (exact) mass is 311 g/mol. The summed E-state index contributed by atoms with van der Waals surface area (Å²) in [7, 11) is 1.52. The quantitative estimate of drug-likeness (QED) is 0.880. The summed E-state index contributed by atoms with van der Waals surface area (Å²) in [6, 6.07) is 13.2. The molecule has 0 fully saturated rings. The van der Waals surface area contributed by atoms with Crippen LogP contribution in [0, 0.1) is 17.1 Å². The Labute approximate surface area is 132 Å². The molecule has 2 aromatic rings. The predicted octanol–water partition coefficient (Wildman–Crippen LogP) is 2.88. The number of ether oxygens (including phenoxy) is 1. The van der Waals surface area contributed by atoms with E-state index in [2.05, 4.69) is 9.73 Å². The number of nitriles is 1. The van der Waals surface area contributed by atoms with Gasteiger partial charge in [0, 0.05) is 18.2 Å². The van der Waals surface area contributed by atoms with Crippen molar-refractivity contribution in [2.75, 3.05) is 13.7 Å². The van der Waals surface area contributed by atoms with E-state index in [-0.39, 0.29) is 6.61 Å². The van der Waals surface area contributed by atoms with E-state index in [1.54, 1.807) is 36.4 Å².